The summed E-state index contributed by atoms with van der Waals surface area (Å²) in [5, 5.41) is 3.00. The van der Waals surface area contributed by atoms with Gasteiger partial charge in [0.15, 0.2) is 11.6 Å². The normalized spacial score (nSPS) is 10.4. The quantitative estimate of drug-likeness (QED) is 0.900. The van der Waals surface area contributed by atoms with Gasteiger partial charge < -0.3 is 10.1 Å². The minimum Gasteiger partial charge on any atom is -0.454 e. The van der Waals surface area contributed by atoms with Gasteiger partial charge in [-0.2, -0.15) is 0 Å². The van der Waals surface area contributed by atoms with Gasteiger partial charge in [-0.15, -0.1) is 0 Å². The molecule has 4 heteroatoms. The predicted octanol–water partition coefficient (Wildman–Crippen LogP) is 3.04. The number of hydrogen-bond acceptors (Lipinski definition) is 3. The molecule has 0 saturated heterocycles. The minimum absolute atomic E-state index is 0.233. The summed E-state index contributed by atoms with van der Waals surface area (Å²) in [4.78, 5) is 4.17. The molecule has 0 unspecified atom stereocenters. The molecule has 0 saturated carbocycles. The summed E-state index contributed by atoms with van der Waals surface area (Å²) in [6.45, 7) is 2.36. The Bertz CT molecular complexity index is 543. The predicted molar refractivity (Wildman–Crippen MR) is 68.2 cm³/mol. The zero-order valence-corrected chi connectivity index (χ0v) is 10.4. The molecule has 2 aromatic rings. The number of aryl methyl sites for hydroxylation is 1. The van der Waals surface area contributed by atoms with E-state index in [9.17, 15) is 4.39 Å². The Morgan fingerprint density at radius 1 is 1.33 bits per heavy atom. The summed E-state index contributed by atoms with van der Waals surface area (Å²) in [7, 11) is 1.84. The zero-order valence-electron chi connectivity index (χ0n) is 10.4. The molecule has 2 rings (SSSR count). The third-order valence-corrected chi connectivity index (χ3v) is 2.53. The third kappa shape index (κ3) is 2.84. The molecule has 0 atom stereocenters. The molecule has 1 aromatic carbocycles. The van der Waals surface area contributed by atoms with Crippen LogP contribution < -0.4 is 10.1 Å². The number of hydrogen-bond donors (Lipinski definition) is 1. The van der Waals surface area contributed by atoms with Gasteiger partial charge in [0.25, 0.3) is 0 Å². The molecule has 3 nitrogen and oxygen atoms in total. The molecular formula is C14H15FN2O. The molecule has 94 valence electrons. The lowest BCUT2D eigenvalue weighted by Crippen LogP contribution is -2.06. The van der Waals surface area contributed by atoms with Crippen molar-refractivity contribution in [2.24, 2.45) is 0 Å². The van der Waals surface area contributed by atoms with Gasteiger partial charge in [0.05, 0.1) is 5.69 Å². The Balaban J connectivity index is 2.23. The first-order chi connectivity index (χ1) is 8.70. The fourth-order valence-corrected chi connectivity index (χ4v) is 1.62. The number of nitrogens with one attached hydrogen (secondary N) is 1. The second-order valence-corrected chi connectivity index (χ2v) is 4.00. The smallest absolute Gasteiger partial charge is 0.168 e. The lowest BCUT2D eigenvalue weighted by molar-refractivity contribution is 0.438. The highest BCUT2D eigenvalue weighted by molar-refractivity contribution is 5.35. The molecule has 0 radical (unpaired) electrons. The van der Waals surface area contributed by atoms with Crippen LogP contribution in [0.2, 0.25) is 0 Å². The van der Waals surface area contributed by atoms with E-state index in [1.54, 1.807) is 43.5 Å². The SMILES string of the molecule is CNCc1cc(Oc2cccc(C)c2F)ccn1. The Labute approximate surface area is 106 Å². The fourth-order valence-electron chi connectivity index (χ4n) is 1.62. The van der Waals surface area contributed by atoms with E-state index in [1.165, 1.54) is 0 Å². The first-order valence-corrected chi connectivity index (χ1v) is 5.73. The Hall–Kier alpha value is -1.94. The second-order valence-electron chi connectivity index (χ2n) is 4.00. The first-order valence-electron chi connectivity index (χ1n) is 5.73. The standard InChI is InChI=1S/C14H15FN2O/c1-10-4-3-5-13(14(10)15)18-12-6-7-17-11(8-12)9-16-2/h3-8,16H,9H2,1-2H3. The zero-order chi connectivity index (χ0) is 13.0. The monoisotopic (exact) mass is 246 g/mol. The van der Waals surface area contributed by atoms with Gasteiger partial charge in [-0.25, -0.2) is 4.39 Å². The molecule has 0 aliphatic heterocycles. The van der Waals surface area contributed by atoms with Crippen molar-refractivity contribution >= 4 is 0 Å². The van der Waals surface area contributed by atoms with E-state index in [4.69, 9.17) is 4.74 Å². The van der Waals surface area contributed by atoms with Gasteiger partial charge in [0, 0.05) is 18.8 Å². The molecule has 0 bridgehead atoms. The van der Waals surface area contributed by atoms with Crippen LogP contribution in [0.1, 0.15) is 11.3 Å². The van der Waals surface area contributed by atoms with E-state index in [0.29, 0.717) is 17.9 Å². The van der Waals surface area contributed by atoms with Crippen molar-refractivity contribution in [3.8, 4) is 11.5 Å². The van der Waals surface area contributed by atoms with E-state index in [0.717, 1.165) is 5.69 Å². The van der Waals surface area contributed by atoms with Crippen LogP contribution >= 0.6 is 0 Å². The van der Waals surface area contributed by atoms with Crippen LogP contribution in [-0.2, 0) is 6.54 Å². The molecule has 0 aliphatic rings. The summed E-state index contributed by atoms with van der Waals surface area (Å²) in [5.41, 5.74) is 1.42. The van der Waals surface area contributed by atoms with Gasteiger partial charge in [0.1, 0.15) is 5.75 Å². The Morgan fingerprint density at radius 3 is 2.94 bits per heavy atom. The Kier molecular flexibility index (Phi) is 3.89. The highest BCUT2D eigenvalue weighted by Gasteiger charge is 2.07. The lowest BCUT2D eigenvalue weighted by atomic mass is 10.2. The summed E-state index contributed by atoms with van der Waals surface area (Å²) >= 11 is 0. The Morgan fingerprint density at radius 2 is 2.17 bits per heavy atom. The number of nitrogens with zero attached hydrogens (tertiary/aromatic N) is 1. The average Bonchev–Trinajstić information content (AvgIpc) is 2.36. The van der Waals surface area contributed by atoms with E-state index in [1.807, 2.05) is 7.05 Å². The van der Waals surface area contributed by atoms with Crippen LogP contribution in [0.5, 0.6) is 11.5 Å². The topological polar surface area (TPSA) is 34.1 Å². The number of benzene rings is 1. The molecule has 0 aliphatic carbocycles. The highest BCUT2D eigenvalue weighted by Crippen LogP contribution is 2.26. The van der Waals surface area contributed by atoms with Crippen LogP contribution in [0.3, 0.4) is 0 Å². The molecule has 1 heterocycles. The summed E-state index contributed by atoms with van der Waals surface area (Å²) in [6, 6.07) is 8.59. The van der Waals surface area contributed by atoms with Crippen LogP contribution in [0.25, 0.3) is 0 Å². The maximum Gasteiger partial charge on any atom is 0.168 e. The molecule has 1 N–H and O–H groups in total. The van der Waals surface area contributed by atoms with Gasteiger partial charge in [-0.05, 0) is 31.7 Å². The van der Waals surface area contributed by atoms with Gasteiger partial charge in [-0.1, -0.05) is 12.1 Å². The molecular weight excluding hydrogens is 231 g/mol. The van der Waals surface area contributed by atoms with E-state index in [2.05, 4.69) is 10.3 Å². The molecule has 1 aromatic heterocycles. The number of aromatic nitrogens is 1. The van der Waals surface area contributed by atoms with Crippen molar-refractivity contribution in [2.75, 3.05) is 7.05 Å². The van der Waals surface area contributed by atoms with Crippen molar-refractivity contribution in [1.82, 2.24) is 10.3 Å². The molecule has 0 fully saturated rings. The van der Waals surface area contributed by atoms with Crippen molar-refractivity contribution in [1.29, 1.82) is 0 Å². The maximum atomic E-state index is 13.8. The fraction of sp³-hybridized carbons (Fsp3) is 0.214. The van der Waals surface area contributed by atoms with E-state index < -0.39 is 0 Å². The summed E-state index contributed by atoms with van der Waals surface area (Å²) < 4.78 is 19.3. The third-order valence-electron chi connectivity index (χ3n) is 2.53. The first kappa shape index (κ1) is 12.5. The number of rotatable bonds is 4. The van der Waals surface area contributed by atoms with E-state index >= 15 is 0 Å². The lowest BCUT2D eigenvalue weighted by Gasteiger charge is -2.09. The van der Waals surface area contributed by atoms with Crippen molar-refractivity contribution < 1.29 is 9.13 Å². The van der Waals surface area contributed by atoms with Crippen molar-refractivity contribution in [2.45, 2.75) is 13.5 Å². The van der Waals surface area contributed by atoms with E-state index in [-0.39, 0.29) is 11.6 Å². The number of halogens is 1. The van der Waals surface area contributed by atoms with Crippen molar-refractivity contribution in [3.05, 3.63) is 53.6 Å². The van der Waals surface area contributed by atoms with Crippen LogP contribution in [0.15, 0.2) is 36.5 Å². The number of ether oxygens (including phenoxy) is 1. The van der Waals surface area contributed by atoms with Gasteiger partial charge >= 0.3 is 0 Å². The average molecular weight is 246 g/mol. The molecule has 0 amide bonds. The largest absolute Gasteiger partial charge is 0.454 e. The number of pyridine rings is 1. The second kappa shape index (κ2) is 5.60. The summed E-state index contributed by atoms with van der Waals surface area (Å²) in [5.74, 6) is 0.487. The molecule has 18 heavy (non-hydrogen) atoms. The maximum absolute atomic E-state index is 13.8. The van der Waals surface area contributed by atoms with Crippen molar-refractivity contribution in [3.63, 3.8) is 0 Å². The van der Waals surface area contributed by atoms with Gasteiger partial charge in [0.2, 0.25) is 0 Å². The summed E-state index contributed by atoms with van der Waals surface area (Å²) in [6.07, 6.45) is 1.65. The highest BCUT2D eigenvalue weighted by atomic mass is 19.1. The van der Waals surface area contributed by atoms with Crippen LogP contribution in [-0.4, -0.2) is 12.0 Å². The van der Waals surface area contributed by atoms with Crippen LogP contribution in [0.4, 0.5) is 4.39 Å². The van der Waals surface area contributed by atoms with Gasteiger partial charge in [-0.3, -0.25) is 4.98 Å². The molecule has 0 spiro atoms. The minimum atomic E-state index is -0.329. The van der Waals surface area contributed by atoms with Crippen LogP contribution in [0, 0.1) is 12.7 Å².